The molecule has 8 nitrogen and oxygen atoms in total. The molecule has 1 aliphatic rings. The molecular weight excluding hydrogens is 531 g/mol. The van der Waals surface area contributed by atoms with E-state index in [9.17, 15) is 8.42 Å². The lowest BCUT2D eigenvalue weighted by Gasteiger charge is -2.36. The van der Waals surface area contributed by atoms with Gasteiger partial charge in [-0.05, 0) is 31.9 Å². The fraction of sp³-hybridized carbons (Fsp3) is 0.667. The van der Waals surface area contributed by atoms with E-state index in [0.717, 1.165) is 23.6 Å². The molecule has 178 valence electrons. The number of methoxy groups -OCH3 is 1. The highest BCUT2D eigenvalue weighted by atomic mass is 127. The number of hydrogen-bond acceptors (Lipinski definition) is 5. The van der Waals surface area contributed by atoms with E-state index in [0.29, 0.717) is 39.3 Å². The van der Waals surface area contributed by atoms with Crippen molar-refractivity contribution in [1.82, 2.24) is 14.5 Å². The number of ether oxygens (including phenoxy) is 2. The number of benzene rings is 1. The van der Waals surface area contributed by atoms with Gasteiger partial charge in [0.05, 0.1) is 31.6 Å². The van der Waals surface area contributed by atoms with Crippen LogP contribution in [0, 0.1) is 0 Å². The zero-order valence-corrected chi connectivity index (χ0v) is 22.2. The number of aliphatic imine (C=N–C) groups is 1. The van der Waals surface area contributed by atoms with Crippen LogP contribution in [0.2, 0.25) is 0 Å². The molecule has 0 saturated carbocycles. The molecule has 10 heteroatoms. The van der Waals surface area contributed by atoms with Crippen LogP contribution >= 0.6 is 24.0 Å². The highest BCUT2D eigenvalue weighted by molar-refractivity contribution is 14.0. The van der Waals surface area contributed by atoms with Crippen molar-refractivity contribution in [3.63, 3.8) is 0 Å². The van der Waals surface area contributed by atoms with Crippen molar-refractivity contribution in [2.24, 2.45) is 4.99 Å². The van der Waals surface area contributed by atoms with Crippen LogP contribution in [0.1, 0.15) is 31.9 Å². The van der Waals surface area contributed by atoms with Gasteiger partial charge in [-0.3, -0.25) is 0 Å². The lowest BCUT2D eigenvalue weighted by molar-refractivity contribution is 0.0904. The number of piperazine rings is 1. The van der Waals surface area contributed by atoms with Crippen molar-refractivity contribution < 1.29 is 17.9 Å². The smallest absolute Gasteiger partial charge is 0.216 e. The third kappa shape index (κ3) is 9.60. The zero-order valence-electron chi connectivity index (χ0n) is 19.0. The van der Waals surface area contributed by atoms with E-state index in [1.807, 2.05) is 32.9 Å². The third-order valence-corrected chi connectivity index (χ3v) is 6.64. The van der Waals surface area contributed by atoms with Crippen molar-refractivity contribution in [2.75, 3.05) is 52.2 Å². The molecule has 2 rings (SSSR count). The molecule has 1 aromatic carbocycles. The second-order valence-electron chi connectivity index (χ2n) is 7.54. The van der Waals surface area contributed by atoms with Crippen LogP contribution < -0.4 is 5.32 Å². The topological polar surface area (TPSA) is 83.5 Å². The molecule has 1 heterocycles. The average molecular weight is 569 g/mol. The van der Waals surface area contributed by atoms with Gasteiger partial charge in [0.2, 0.25) is 10.0 Å². The fourth-order valence-electron chi connectivity index (χ4n) is 3.20. The first kappa shape index (κ1) is 28.1. The molecule has 1 aliphatic heterocycles. The van der Waals surface area contributed by atoms with Crippen LogP contribution in [0.25, 0.3) is 0 Å². The molecule has 1 N–H and O–H groups in total. The minimum absolute atomic E-state index is 0. The molecule has 1 saturated heterocycles. The van der Waals surface area contributed by atoms with E-state index >= 15 is 0 Å². The maximum atomic E-state index is 12.5. The summed E-state index contributed by atoms with van der Waals surface area (Å²) < 4.78 is 37.2. The second kappa shape index (κ2) is 14.2. The average Bonchev–Trinajstić information content (AvgIpc) is 2.72. The summed E-state index contributed by atoms with van der Waals surface area (Å²) in [4.78, 5) is 6.88. The standard InChI is InChI=1S/C21H36N4O4S.HI/c1-5-22-21(23-16-19-6-8-20(9-7-19)17-28-4)24-10-12-25(13-11-24)30(26,27)15-14-29-18(2)3;/h6-9,18H,5,10-17H2,1-4H3,(H,22,23);1H. The van der Waals surface area contributed by atoms with Crippen molar-refractivity contribution in [1.29, 1.82) is 0 Å². The minimum atomic E-state index is -3.29. The highest BCUT2D eigenvalue weighted by Crippen LogP contribution is 2.11. The number of sulfonamides is 1. The van der Waals surface area contributed by atoms with Gasteiger partial charge in [0.15, 0.2) is 5.96 Å². The van der Waals surface area contributed by atoms with Crippen LogP contribution in [-0.4, -0.2) is 81.9 Å². The van der Waals surface area contributed by atoms with Gasteiger partial charge in [0.25, 0.3) is 0 Å². The molecular formula is C21H37IN4O4S. The van der Waals surface area contributed by atoms with E-state index in [-0.39, 0.29) is 42.4 Å². The Morgan fingerprint density at radius 2 is 1.74 bits per heavy atom. The molecule has 1 fully saturated rings. The van der Waals surface area contributed by atoms with Crippen LogP contribution in [0.15, 0.2) is 29.3 Å². The first-order valence-corrected chi connectivity index (χ1v) is 12.2. The molecule has 0 radical (unpaired) electrons. The summed E-state index contributed by atoms with van der Waals surface area (Å²) in [7, 11) is -1.61. The van der Waals surface area contributed by atoms with E-state index in [4.69, 9.17) is 14.5 Å². The number of nitrogens with zero attached hydrogens (tertiary/aromatic N) is 3. The molecule has 0 aromatic heterocycles. The van der Waals surface area contributed by atoms with E-state index in [1.165, 1.54) is 0 Å². The molecule has 0 aliphatic carbocycles. The van der Waals surface area contributed by atoms with Gasteiger partial charge in [0.1, 0.15) is 0 Å². The van der Waals surface area contributed by atoms with Gasteiger partial charge in [-0.2, -0.15) is 4.31 Å². The van der Waals surface area contributed by atoms with Crippen molar-refractivity contribution in [3.8, 4) is 0 Å². The fourth-order valence-corrected chi connectivity index (χ4v) is 4.48. The third-order valence-electron chi connectivity index (χ3n) is 4.80. The van der Waals surface area contributed by atoms with Crippen molar-refractivity contribution in [2.45, 2.75) is 40.0 Å². The van der Waals surface area contributed by atoms with E-state index in [1.54, 1.807) is 11.4 Å². The summed E-state index contributed by atoms with van der Waals surface area (Å²) >= 11 is 0. The van der Waals surface area contributed by atoms with E-state index in [2.05, 4.69) is 22.3 Å². The maximum Gasteiger partial charge on any atom is 0.216 e. The van der Waals surface area contributed by atoms with E-state index < -0.39 is 10.0 Å². The number of hydrogen-bond donors (Lipinski definition) is 1. The lowest BCUT2D eigenvalue weighted by atomic mass is 10.1. The first-order chi connectivity index (χ1) is 14.4. The Bertz CT molecular complexity index is 764. The van der Waals surface area contributed by atoms with Crippen LogP contribution in [0.5, 0.6) is 0 Å². The summed E-state index contributed by atoms with van der Waals surface area (Å²) in [6.07, 6.45) is 0.0344. The molecule has 0 amide bonds. The Hall–Kier alpha value is -0.950. The first-order valence-electron chi connectivity index (χ1n) is 10.5. The Morgan fingerprint density at radius 3 is 2.29 bits per heavy atom. The van der Waals surface area contributed by atoms with Gasteiger partial charge in [-0.25, -0.2) is 13.4 Å². The predicted molar refractivity (Wildman–Crippen MR) is 135 cm³/mol. The lowest BCUT2D eigenvalue weighted by Crippen LogP contribution is -2.54. The summed E-state index contributed by atoms with van der Waals surface area (Å²) in [6.45, 7) is 10.1. The van der Waals surface area contributed by atoms with Crippen molar-refractivity contribution >= 4 is 40.0 Å². The van der Waals surface area contributed by atoms with Gasteiger partial charge < -0.3 is 19.7 Å². The number of halogens is 1. The zero-order chi connectivity index (χ0) is 22.0. The minimum Gasteiger partial charge on any atom is -0.380 e. The predicted octanol–water partition coefficient (Wildman–Crippen LogP) is 2.29. The van der Waals surface area contributed by atoms with Crippen LogP contribution in [0.3, 0.4) is 0 Å². The van der Waals surface area contributed by atoms with Crippen molar-refractivity contribution in [3.05, 3.63) is 35.4 Å². The quantitative estimate of drug-likeness (QED) is 0.265. The summed E-state index contributed by atoms with van der Waals surface area (Å²) in [5, 5.41) is 3.32. The number of nitrogens with one attached hydrogen (secondary N) is 1. The largest absolute Gasteiger partial charge is 0.380 e. The van der Waals surface area contributed by atoms with Crippen LogP contribution in [0.4, 0.5) is 0 Å². The SMILES string of the molecule is CCNC(=NCc1ccc(COC)cc1)N1CCN(S(=O)(=O)CCOC(C)C)CC1.I. The number of rotatable bonds is 10. The molecule has 0 bridgehead atoms. The van der Waals surface area contributed by atoms with Gasteiger partial charge in [0, 0.05) is 39.8 Å². The molecule has 0 spiro atoms. The Morgan fingerprint density at radius 1 is 1.13 bits per heavy atom. The maximum absolute atomic E-state index is 12.5. The Kier molecular flexibility index (Phi) is 12.9. The summed E-state index contributed by atoms with van der Waals surface area (Å²) in [5.41, 5.74) is 2.25. The Balaban J connectivity index is 0.00000480. The number of guanidine groups is 1. The molecule has 0 unspecified atom stereocenters. The normalized spacial score (nSPS) is 15.8. The highest BCUT2D eigenvalue weighted by Gasteiger charge is 2.28. The Labute approximate surface area is 204 Å². The van der Waals surface area contributed by atoms with Crippen LogP contribution in [-0.2, 0) is 32.6 Å². The molecule has 31 heavy (non-hydrogen) atoms. The summed E-state index contributed by atoms with van der Waals surface area (Å²) in [5.74, 6) is 0.844. The molecule has 0 atom stereocenters. The summed E-state index contributed by atoms with van der Waals surface area (Å²) in [6, 6.07) is 8.22. The second-order valence-corrected chi connectivity index (χ2v) is 9.63. The van der Waals surface area contributed by atoms with Gasteiger partial charge in [-0.15, -0.1) is 24.0 Å². The van der Waals surface area contributed by atoms with Gasteiger partial charge >= 0.3 is 0 Å². The van der Waals surface area contributed by atoms with Gasteiger partial charge in [-0.1, -0.05) is 24.3 Å². The molecule has 1 aromatic rings. The monoisotopic (exact) mass is 568 g/mol.